The van der Waals surface area contributed by atoms with Crippen molar-refractivity contribution in [3.05, 3.63) is 11.6 Å². The van der Waals surface area contributed by atoms with E-state index >= 15 is 0 Å². The Balaban J connectivity index is 1.16. The molecule has 17 nitrogen and oxygen atoms in total. The molecule has 3 heterocycles. The van der Waals surface area contributed by atoms with Gasteiger partial charge in [-0.25, -0.2) is 0 Å². The first-order valence-electron chi connectivity index (χ1n) is 23.8. The molecule has 4 saturated carbocycles. The minimum absolute atomic E-state index is 0.135. The van der Waals surface area contributed by atoms with E-state index in [2.05, 4.69) is 40.7 Å². The van der Waals surface area contributed by atoms with Gasteiger partial charge in [0.15, 0.2) is 18.9 Å². The lowest BCUT2D eigenvalue weighted by molar-refractivity contribution is -0.374. The Hall–Kier alpha value is -0.940. The predicted octanol–water partition coefficient (Wildman–Crippen LogP) is 0.612. The van der Waals surface area contributed by atoms with E-state index < -0.39 is 116 Å². The third-order valence-electron chi connectivity index (χ3n) is 18.4. The highest BCUT2D eigenvalue weighted by molar-refractivity contribution is 5.20. The van der Waals surface area contributed by atoms with Gasteiger partial charge in [0.2, 0.25) is 0 Å². The second kappa shape index (κ2) is 18.8. The number of allylic oxidation sites excluding steroid dienone is 2. The summed E-state index contributed by atoms with van der Waals surface area (Å²) in [5.41, 5.74) is -1.05. The number of hydrogen-bond acceptors (Lipinski definition) is 17. The molecule has 3 aliphatic heterocycles. The highest BCUT2D eigenvalue weighted by atomic mass is 16.8. The van der Waals surface area contributed by atoms with Gasteiger partial charge in [0.25, 0.3) is 0 Å². The second-order valence-electron chi connectivity index (χ2n) is 22.4. The Bertz CT molecular complexity index is 1630. The van der Waals surface area contributed by atoms with Crippen LogP contribution in [0.2, 0.25) is 0 Å². The lowest BCUT2D eigenvalue weighted by Crippen LogP contribution is -2.67. The molecule has 7 fully saturated rings. The van der Waals surface area contributed by atoms with Crippen LogP contribution in [0, 0.1) is 45.3 Å². The summed E-state index contributed by atoms with van der Waals surface area (Å²) in [4.78, 5) is 0. The molecule has 3 saturated heterocycles. The van der Waals surface area contributed by atoms with E-state index in [4.69, 9.17) is 28.4 Å². The van der Waals surface area contributed by atoms with Crippen LogP contribution in [0.25, 0.3) is 0 Å². The second-order valence-corrected chi connectivity index (χ2v) is 22.4. The zero-order chi connectivity index (χ0) is 47.1. The van der Waals surface area contributed by atoms with Crippen LogP contribution in [0.3, 0.4) is 0 Å². The zero-order valence-corrected chi connectivity index (χ0v) is 39.0. The molecule has 0 unspecified atom stereocenters. The first kappa shape index (κ1) is 50.9. The van der Waals surface area contributed by atoms with Gasteiger partial charge >= 0.3 is 0 Å². The van der Waals surface area contributed by atoms with Crippen molar-refractivity contribution in [3.8, 4) is 0 Å². The monoisotopic (exact) mass is 917 g/mol. The molecule has 7 rings (SSSR count). The fourth-order valence-corrected chi connectivity index (χ4v) is 14.6. The summed E-state index contributed by atoms with van der Waals surface area (Å²) >= 11 is 0. The summed E-state index contributed by atoms with van der Waals surface area (Å²) < 4.78 is 37.2. The standard InChI is InChI=1S/C47H80O17/c1-22(2)10-9-14-47(8,64-42-39(36(56)34(54)27(20-49)61-42)63-40-37(57)32(52)25(51)21-59-40)23-11-16-46(7)31(23)24(50)18-29-44(5)15-13-30(43(3,4)28(44)12-17-45(29,46)6)62-41-38(58)35(55)33(53)26(19-48)60-41/h10,23-42,48-58H,9,11-21H2,1-8H3/t23-,24+,25-,26+,27+,28+,29-,30-,31-,32-,33+,34+,35-,36-,37+,38+,39+,40-,41-,42-,44-,45+,46+,47-/m0/s1. The summed E-state index contributed by atoms with van der Waals surface area (Å²) in [7, 11) is 0. The average Bonchev–Trinajstić information content (AvgIpc) is 3.62. The Morgan fingerprint density at radius 2 is 1.27 bits per heavy atom. The largest absolute Gasteiger partial charge is 0.394 e. The fourth-order valence-electron chi connectivity index (χ4n) is 14.6. The van der Waals surface area contributed by atoms with Crippen LogP contribution >= 0.6 is 0 Å². The van der Waals surface area contributed by atoms with E-state index in [0.29, 0.717) is 32.1 Å². The predicted molar refractivity (Wildman–Crippen MR) is 228 cm³/mol. The van der Waals surface area contributed by atoms with Crippen LogP contribution in [-0.4, -0.2) is 180 Å². The normalized spacial score (nSPS) is 52.5. The molecule has 64 heavy (non-hydrogen) atoms. The summed E-state index contributed by atoms with van der Waals surface area (Å²) in [5.74, 6) is -0.121. The van der Waals surface area contributed by atoms with Gasteiger partial charge in [-0.3, -0.25) is 0 Å². The molecule has 0 spiro atoms. The van der Waals surface area contributed by atoms with Gasteiger partial charge in [0.1, 0.15) is 67.1 Å². The van der Waals surface area contributed by atoms with Gasteiger partial charge in [-0.2, -0.15) is 0 Å². The Morgan fingerprint density at radius 3 is 1.91 bits per heavy atom. The zero-order valence-electron chi connectivity index (χ0n) is 39.0. The maximum atomic E-state index is 12.7. The minimum atomic E-state index is -1.69. The van der Waals surface area contributed by atoms with Crippen LogP contribution in [0.1, 0.15) is 113 Å². The Morgan fingerprint density at radius 1 is 0.656 bits per heavy atom. The van der Waals surface area contributed by atoms with Crippen molar-refractivity contribution in [2.24, 2.45) is 45.3 Å². The molecule has 0 aromatic rings. The van der Waals surface area contributed by atoms with E-state index in [9.17, 15) is 56.2 Å². The number of fused-ring (bicyclic) bond motifs is 5. The van der Waals surface area contributed by atoms with Gasteiger partial charge in [-0.15, -0.1) is 0 Å². The summed E-state index contributed by atoms with van der Waals surface area (Å²) in [6, 6.07) is 0. The number of rotatable bonds is 12. The van der Waals surface area contributed by atoms with Crippen LogP contribution in [-0.2, 0) is 28.4 Å². The molecule has 0 aromatic heterocycles. The van der Waals surface area contributed by atoms with E-state index in [1.54, 1.807) is 0 Å². The molecule has 4 aliphatic carbocycles. The highest BCUT2D eigenvalue weighted by Crippen LogP contribution is 2.76. The smallest absolute Gasteiger partial charge is 0.187 e. The molecule has 7 aliphatic rings. The summed E-state index contributed by atoms with van der Waals surface area (Å²) in [6.07, 6.45) is -12.8. The maximum Gasteiger partial charge on any atom is 0.187 e. The molecule has 11 N–H and O–H groups in total. The molecule has 370 valence electrons. The third kappa shape index (κ3) is 8.49. The van der Waals surface area contributed by atoms with E-state index in [1.165, 1.54) is 0 Å². The molecule has 17 heteroatoms. The van der Waals surface area contributed by atoms with Gasteiger partial charge in [-0.1, -0.05) is 46.3 Å². The van der Waals surface area contributed by atoms with Crippen molar-refractivity contribution in [2.45, 2.75) is 217 Å². The van der Waals surface area contributed by atoms with Crippen LogP contribution in [0.4, 0.5) is 0 Å². The number of hydrogen-bond donors (Lipinski definition) is 11. The molecule has 0 radical (unpaired) electrons. The molecular weight excluding hydrogens is 836 g/mol. The SMILES string of the molecule is CC(C)=CCC[C@](C)(O[C@@H]1O[C@H](CO)[C@@H](O)[C@H](O)[C@H]1O[C@@H]1OC[C@H](O)[C@H](O)[C@H]1O)[C@H]1CC[C@]2(C)[C@@H]1[C@H](O)C[C@H]1[C@@]3(C)CC[C@H](O[C@@H]4O[C@H](CO)[C@@H](O)[C@H](O)[C@H]4O)C(C)(C)[C@H]3CC[C@]12C. The van der Waals surface area contributed by atoms with Crippen molar-refractivity contribution in [2.75, 3.05) is 19.8 Å². The number of aliphatic hydroxyl groups excluding tert-OH is 11. The first-order valence-corrected chi connectivity index (χ1v) is 23.8. The summed E-state index contributed by atoms with van der Waals surface area (Å²) in [6.45, 7) is 16.0. The Kier molecular flexibility index (Phi) is 14.9. The van der Waals surface area contributed by atoms with Gasteiger partial charge in [0.05, 0.1) is 37.6 Å². The van der Waals surface area contributed by atoms with Gasteiger partial charge < -0.3 is 84.6 Å². The lowest BCUT2D eigenvalue weighted by Gasteiger charge is -2.71. The van der Waals surface area contributed by atoms with Gasteiger partial charge in [-0.05, 0) is 124 Å². The van der Waals surface area contributed by atoms with Crippen molar-refractivity contribution in [1.29, 1.82) is 0 Å². The molecule has 0 bridgehead atoms. The highest BCUT2D eigenvalue weighted by Gasteiger charge is 2.72. The van der Waals surface area contributed by atoms with E-state index in [0.717, 1.165) is 31.3 Å². The minimum Gasteiger partial charge on any atom is -0.394 e. The van der Waals surface area contributed by atoms with Gasteiger partial charge in [0, 0.05) is 0 Å². The fraction of sp³-hybridized carbons (Fsp3) is 0.957. The van der Waals surface area contributed by atoms with Crippen LogP contribution in [0.15, 0.2) is 11.6 Å². The topological polar surface area (TPSA) is 278 Å². The van der Waals surface area contributed by atoms with E-state index in [1.807, 2.05) is 20.8 Å². The number of ether oxygens (including phenoxy) is 6. The third-order valence-corrected chi connectivity index (χ3v) is 18.4. The van der Waals surface area contributed by atoms with Crippen molar-refractivity contribution in [1.82, 2.24) is 0 Å². The quantitative estimate of drug-likeness (QED) is 0.0946. The van der Waals surface area contributed by atoms with Crippen molar-refractivity contribution < 1.29 is 84.6 Å². The molecular formula is C47H80O17. The van der Waals surface area contributed by atoms with E-state index in [-0.39, 0.29) is 52.6 Å². The average molecular weight is 917 g/mol. The molecule has 24 atom stereocenters. The molecule has 0 amide bonds. The Labute approximate surface area is 377 Å². The first-order chi connectivity index (χ1) is 29.9. The number of aliphatic hydroxyl groups is 11. The molecule has 0 aromatic carbocycles. The van der Waals surface area contributed by atoms with Crippen molar-refractivity contribution in [3.63, 3.8) is 0 Å². The summed E-state index contributed by atoms with van der Waals surface area (Å²) in [5, 5.41) is 118. The lowest BCUT2D eigenvalue weighted by atomic mass is 9.35. The maximum absolute atomic E-state index is 12.7. The van der Waals surface area contributed by atoms with Crippen LogP contribution < -0.4 is 0 Å². The van der Waals surface area contributed by atoms with Crippen LogP contribution in [0.5, 0.6) is 0 Å². The van der Waals surface area contributed by atoms with Crippen molar-refractivity contribution >= 4 is 0 Å².